The summed E-state index contributed by atoms with van der Waals surface area (Å²) in [6.07, 6.45) is 1.74. The highest BCUT2D eigenvalue weighted by atomic mass is 16.1. The zero-order valence-corrected chi connectivity index (χ0v) is 13.7. The topological polar surface area (TPSA) is 75.1 Å². The van der Waals surface area contributed by atoms with Gasteiger partial charge in [-0.1, -0.05) is 25.5 Å². The maximum Gasteiger partial charge on any atom is 0.274 e. The molecule has 6 nitrogen and oxygen atoms in total. The smallest absolute Gasteiger partial charge is 0.274 e. The number of H-pyrrole nitrogens is 1. The summed E-state index contributed by atoms with van der Waals surface area (Å²) < 4.78 is 1.39. The van der Waals surface area contributed by atoms with E-state index in [-0.39, 0.29) is 5.56 Å². The van der Waals surface area contributed by atoms with E-state index in [1.807, 2.05) is 12.1 Å². The fourth-order valence-electron chi connectivity index (χ4n) is 2.56. The van der Waals surface area contributed by atoms with Crippen LogP contribution < -0.4 is 10.9 Å². The third-order valence-electron chi connectivity index (χ3n) is 3.99. The molecule has 2 heterocycles. The summed E-state index contributed by atoms with van der Waals surface area (Å²) in [5.74, 6) is 1.11. The van der Waals surface area contributed by atoms with Crippen molar-refractivity contribution in [1.29, 1.82) is 0 Å². The molecule has 3 aromatic rings. The van der Waals surface area contributed by atoms with E-state index in [9.17, 15) is 4.79 Å². The number of aromatic amines is 1. The molecule has 23 heavy (non-hydrogen) atoms. The van der Waals surface area contributed by atoms with Gasteiger partial charge in [-0.2, -0.15) is 9.50 Å². The highest BCUT2D eigenvalue weighted by molar-refractivity contribution is 5.53. The van der Waals surface area contributed by atoms with Gasteiger partial charge in [-0.3, -0.25) is 9.89 Å². The quantitative estimate of drug-likeness (QED) is 0.759. The molecule has 0 saturated carbocycles. The van der Waals surface area contributed by atoms with Gasteiger partial charge in [0.15, 0.2) is 0 Å². The van der Waals surface area contributed by atoms with Crippen molar-refractivity contribution in [2.45, 2.75) is 40.2 Å². The van der Waals surface area contributed by atoms with Crippen LogP contribution in [0.4, 0.5) is 5.69 Å². The number of aryl methyl sites for hydroxylation is 2. The van der Waals surface area contributed by atoms with Crippen LogP contribution in [-0.2, 0) is 13.0 Å². The fraction of sp³-hybridized carbons (Fsp3) is 0.353. The molecule has 0 atom stereocenters. The van der Waals surface area contributed by atoms with Crippen LogP contribution >= 0.6 is 0 Å². The molecular formula is C17H21N5O. The molecule has 0 unspecified atom stereocenters. The first-order valence-corrected chi connectivity index (χ1v) is 7.86. The first-order chi connectivity index (χ1) is 11.1. The molecule has 2 N–H and O–H groups in total. The third-order valence-corrected chi connectivity index (χ3v) is 3.99. The highest BCUT2D eigenvalue weighted by Crippen LogP contribution is 2.18. The lowest BCUT2D eigenvalue weighted by atomic mass is 10.1. The lowest BCUT2D eigenvalue weighted by molar-refractivity contribution is 0.825. The molecule has 1 aromatic carbocycles. The summed E-state index contributed by atoms with van der Waals surface area (Å²) in [5.41, 5.74) is 4.19. The number of hydrogen-bond donors (Lipinski definition) is 2. The zero-order chi connectivity index (χ0) is 16.4. The Morgan fingerprint density at radius 1 is 1.26 bits per heavy atom. The van der Waals surface area contributed by atoms with Crippen molar-refractivity contribution in [3.05, 3.63) is 57.3 Å². The summed E-state index contributed by atoms with van der Waals surface area (Å²) in [5, 5.41) is 6.36. The average Bonchev–Trinajstić information content (AvgIpc) is 2.93. The number of hydrogen-bond acceptors (Lipinski definition) is 4. The molecule has 0 fully saturated rings. The summed E-state index contributed by atoms with van der Waals surface area (Å²) in [6, 6.07) is 7.71. The van der Waals surface area contributed by atoms with E-state index in [1.54, 1.807) is 6.07 Å². The molecule has 120 valence electrons. The Hall–Kier alpha value is -2.63. The van der Waals surface area contributed by atoms with Crippen LogP contribution in [0.25, 0.3) is 5.78 Å². The maximum atomic E-state index is 12.1. The van der Waals surface area contributed by atoms with Gasteiger partial charge in [-0.05, 0) is 37.5 Å². The normalized spacial score (nSPS) is 11.1. The van der Waals surface area contributed by atoms with Crippen molar-refractivity contribution in [1.82, 2.24) is 19.6 Å². The number of aromatic nitrogens is 4. The molecule has 0 bridgehead atoms. The SMILES string of the molecule is CCCc1cc(=O)n2[nH]c(CNc3cccc(C)c3C)nc2n1. The van der Waals surface area contributed by atoms with Crippen LogP contribution in [0.1, 0.15) is 36.0 Å². The lowest BCUT2D eigenvalue weighted by Crippen LogP contribution is -2.16. The van der Waals surface area contributed by atoms with Gasteiger partial charge in [0.1, 0.15) is 5.82 Å². The van der Waals surface area contributed by atoms with E-state index >= 15 is 0 Å². The van der Waals surface area contributed by atoms with Crippen LogP contribution in [0.15, 0.2) is 29.1 Å². The number of fused-ring (bicyclic) bond motifs is 1. The molecule has 0 saturated heterocycles. The molecule has 6 heteroatoms. The van der Waals surface area contributed by atoms with Crippen molar-refractivity contribution in [3.63, 3.8) is 0 Å². The van der Waals surface area contributed by atoms with Crippen molar-refractivity contribution in [2.24, 2.45) is 0 Å². The predicted molar refractivity (Wildman–Crippen MR) is 90.8 cm³/mol. The Morgan fingerprint density at radius 3 is 2.87 bits per heavy atom. The summed E-state index contributed by atoms with van der Waals surface area (Å²) in [4.78, 5) is 20.9. The first kappa shape index (κ1) is 15.3. The second-order valence-corrected chi connectivity index (χ2v) is 5.74. The minimum atomic E-state index is -0.121. The maximum absolute atomic E-state index is 12.1. The number of benzene rings is 1. The number of rotatable bonds is 5. The molecule has 0 aliphatic heterocycles. The Bertz CT molecular complexity index is 894. The molecular weight excluding hydrogens is 290 g/mol. The fourth-order valence-corrected chi connectivity index (χ4v) is 2.56. The van der Waals surface area contributed by atoms with Crippen LogP contribution in [0.3, 0.4) is 0 Å². The third kappa shape index (κ3) is 3.11. The van der Waals surface area contributed by atoms with E-state index in [0.29, 0.717) is 18.1 Å². The summed E-state index contributed by atoms with van der Waals surface area (Å²) in [6.45, 7) is 6.74. The number of nitrogens with one attached hydrogen (secondary N) is 2. The first-order valence-electron chi connectivity index (χ1n) is 7.86. The van der Waals surface area contributed by atoms with Crippen molar-refractivity contribution >= 4 is 11.5 Å². The predicted octanol–water partition coefficient (Wildman–Crippen LogP) is 2.60. The van der Waals surface area contributed by atoms with E-state index in [0.717, 1.165) is 24.2 Å². The van der Waals surface area contributed by atoms with Gasteiger partial charge in [-0.15, -0.1) is 0 Å². The molecule has 0 radical (unpaired) electrons. The van der Waals surface area contributed by atoms with Crippen LogP contribution in [0.5, 0.6) is 0 Å². The van der Waals surface area contributed by atoms with E-state index in [4.69, 9.17) is 0 Å². The molecule has 0 amide bonds. The monoisotopic (exact) mass is 311 g/mol. The Kier molecular flexibility index (Phi) is 4.14. The van der Waals surface area contributed by atoms with Gasteiger partial charge in [0.25, 0.3) is 11.3 Å². The van der Waals surface area contributed by atoms with Crippen LogP contribution in [-0.4, -0.2) is 19.6 Å². The number of anilines is 1. The van der Waals surface area contributed by atoms with Crippen molar-refractivity contribution in [3.8, 4) is 0 Å². The molecule has 0 aliphatic rings. The highest BCUT2D eigenvalue weighted by Gasteiger charge is 2.08. The lowest BCUT2D eigenvalue weighted by Gasteiger charge is -2.09. The number of nitrogens with zero attached hydrogens (tertiary/aromatic N) is 3. The minimum absolute atomic E-state index is 0.121. The van der Waals surface area contributed by atoms with E-state index in [2.05, 4.69) is 47.2 Å². The summed E-state index contributed by atoms with van der Waals surface area (Å²) in [7, 11) is 0. The van der Waals surface area contributed by atoms with Gasteiger partial charge in [0.2, 0.25) is 0 Å². The van der Waals surface area contributed by atoms with Crippen LogP contribution in [0.2, 0.25) is 0 Å². The Balaban J connectivity index is 1.85. The van der Waals surface area contributed by atoms with Crippen molar-refractivity contribution < 1.29 is 0 Å². The van der Waals surface area contributed by atoms with Gasteiger partial charge in [-0.25, -0.2) is 4.98 Å². The van der Waals surface area contributed by atoms with Gasteiger partial charge < -0.3 is 5.32 Å². The Labute approximate surface area is 134 Å². The standard InChI is InChI=1S/C17H21N5O/c1-4-6-13-9-16(23)22-17(19-13)20-15(21-22)10-18-14-8-5-7-11(2)12(14)3/h5,7-9,18H,4,6,10H2,1-3H3,(H,19,20,21). The zero-order valence-electron chi connectivity index (χ0n) is 13.7. The van der Waals surface area contributed by atoms with Gasteiger partial charge in [0.05, 0.1) is 12.2 Å². The minimum Gasteiger partial charge on any atom is -0.378 e. The molecule has 3 rings (SSSR count). The second kappa shape index (κ2) is 6.24. The van der Waals surface area contributed by atoms with Gasteiger partial charge in [0, 0.05) is 11.8 Å². The largest absolute Gasteiger partial charge is 0.378 e. The molecule has 0 aliphatic carbocycles. The van der Waals surface area contributed by atoms with Crippen LogP contribution in [0, 0.1) is 13.8 Å². The van der Waals surface area contributed by atoms with E-state index < -0.39 is 0 Å². The van der Waals surface area contributed by atoms with E-state index in [1.165, 1.54) is 15.6 Å². The second-order valence-electron chi connectivity index (χ2n) is 5.74. The Morgan fingerprint density at radius 2 is 2.09 bits per heavy atom. The van der Waals surface area contributed by atoms with Crippen molar-refractivity contribution in [2.75, 3.05) is 5.32 Å². The van der Waals surface area contributed by atoms with Gasteiger partial charge >= 0.3 is 0 Å². The molecule has 0 spiro atoms. The molecule has 2 aromatic heterocycles. The summed E-state index contributed by atoms with van der Waals surface area (Å²) >= 11 is 0. The average molecular weight is 311 g/mol.